The number of carbonyl (C=O) groups is 1. The van der Waals surface area contributed by atoms with Gasteiger partial charge in [-0.05, 0) is 18.9 Å². The first-order valence-corrected chi connectivity index (χ1v) is 6.72. The zero-order chi connectivity index (χ0) is 13.7. The molecule has 6 heteroatoms. The van der Waals surface area contributed by atoms with E-state index in [4.69, 9.17) is 4.42 Å². The number of furan rings is 1. The van der Waals surface area contributed by atoms with Crippen molar-refractivity contribution in [1.29, 1.82) is 0 Å². The molecule has 19 heavy (non-hydrogen) atoms. The van der Waals surface area contributed by atoms with Crippen LogP contribution in [0.1, 0.15) is 55.5 Å². The van der Waals surface area contributed by atoms with Crippen molar-refractivity contribution in [3.05, 3.63) is 28.0 Å². The standard InChI is InChI=1S/C13H18N2O4/c16-13(11-8-9-12(19-11)15(17)18)14-10-6-4-2-1-3-5-7-10/h8-10H,1-7H2,(H,14,16). The molecular weight excluding hydrogens is 248 g/mol. The second-order valence-electron chi connectivity index (χ2n) is 4.91. The van der Waals surface area contributed by atoms with Gasteiger partial charge in [-0.15, -0.1) is 0 Å². The van der Waals surface area contributed by atoms with E-state index >= 15 is 0 Å². The van der Waals surface area contributed by atoms with Crippen molar-refractivity contribution in [3.63, 3.8) is 0 Å². The molecule has 6 nitrogen and oxygen atoms in total. The molecule has 1 fully saturated rings. The Morgan fingerprint density at radius 1 is 1.21 bits per heavy atom. The van der Waals surface area contributed by atoms with Crippen molar-refractivity contribution >= 4 is 11.8 Å². The molecule has 0 aliphatic heterocycles. The van der Waals surface area contributed by atoms with Gasteiger partial charge in [-0.1, -0.05) is 32.1 Å². The van der Waals surface area contributed by atoms with E-state index in [0.717, 1.165) is 25.7 Å². The Labute approximate surface area is 111 Å². The average molecular weight is 266 g/mol. The summed E-state index contributed by atoms with van der Waals surface area (Å²) in [5.74, 6) is -0.754. The van der Waals surface area contributed by atoms with Crippen LogP contribution in [0, 0.1) is 10.1 Å². The van der Waals surface area contributed by atoms with E-state index in [9.17, 15) is 14.9 Å². The van der Waals surface area contributed by atoms with Gasteiger partial charge in [0.25, 0.3) is 5.91 Å². The Kier molecular flexibility index (Phi) is 4.54. The molecule has 1 amide bonds. The lowest BCUT2D eigenvalue weighted by molar-refractivity contribution is -0.402. The average Bonchev–Trinajstić information content (AvgIpc) is 2.82. The summed E-state index contributed by atoms with van der Waals surface area (Å²) >= 11 is 0. The van der Waals surface area contributed by atoms with Crippen molar-refractivity contribution in [2.24, 2.45) is 0 Å². The first-order chi connectivity index (χ1) is 9.16. The Morgan fingerprint density at radius 3 is 2.42 bits per heavy atom. The third-order valence-corrected chi connectivity index (χ3v) is 3.44. The largest absolute Gasteiger partial charge is 0.433 e. The van der Waals surface area contributed by atoms with Gasteiger partial charge in [-0.3, -0.25) is 14.9 Å². The maximum atomic E-state index is 11.9. The van der Waals surface area contributed by atoms with Crippen LogP contribution in [0.3, 0.4) is 0 Å². The number of rotatable bonds is 3. The highest BCUT2D eigenvalue weighted by Crippen LogP contribution is 2.19. The van der Waals surface area contributed by atoms with Gasteiger partial charge in [0, 0.05) is 6.04 Å². The van der Waals surface area contributed by atoms with Gasteiger partial charge in [0.15, 0.2) is 5.76 Å². The van der Waals surface area contributed by atoms with Gasteiger partial charge in [-0.25, -0.2) is 0 Å². The summed E-state index contributed by atoms with van der Waals surface area (Å²) in [5.41, 5.74) is 0. The highest BCUT2D eigenvalue weighted by Gasteiger charge is 2.20. The number of carbonyl (C=O) groups excluding carboxylic acids is 1. The smallest absolute Gasteiger partial charge is 0.395 e. The second kappa shape index (κ2) is 6.36. The van der Waals surface area contributed by atoms with Crippen LogP contribution < -0.4 is 5.32 Å². The van der Waals surface area contributed by atoms with Crippen LogP contribution >= 0.6 is 0 Å². The number of hydrogen-bond acceptors (Lipinski definition) is 4. The summed E-state index contributed by atoms with van der Waals surface area (Å²) in [7, 11) is 0. The molecule has 2 rings (SSSR count). The Hall–Kier alpha value is -1.85. The maximum absolute atomic E-state index is 11.9. The van der Waals surface area contributed by atoms with Gasteiger partial charge in [0.1, 0.15) is 4.92 Å². The van der Waals surface area contributed by atoms with Crippen LogP contribution in [-0.4, -0.2) is 16.9 Å². The first kappa shape index (κ1) is 13.6. The van der Waals surface area contributed by atoms with Gasteiger partial charge in [-0.2, -0.15) is 0 Å². The number of nitrogens with one attached hydrogen (secondary N) is 1. The van der Waals surface area contributed by atoms with E-state index in [1.54, 1.807) is 0 Å². The molecule has 0 radical (unpaired) electrons. The summed E-state index contributed by atoms with van der Waals surface area (Å²) in [5, 5.41) is 13.4. The minimum atomic E-state index is -0.646. The number of nitrogens with zero attached hydrogens (tertiary/aromatic N) is 1. The molecular formula is C13H18N2O4. The first-order valence-electron chi connectivity index (χ1n) is 6.72. The minimum absolute atomic E-state index is 0.00811. The van der Waals surface area contributed by atoms with Gasteiger partial charge < -0.3 is 9.73 Å². The van der Waals surface area contributed by atoms with Crippen LogP contribution in [0.5, 0.6) is 0 Å². The Bertz CT molecular complexity index is 447. The van der Waals surface area contributed by atoms with Crippen molar-refractivity contribution in [1.82, 2.24) is 5.32 Å². The minimum Gasteiger partial charge on any atom is -0.395 e. The third kappa shape index (κ3) is 3.81. The quantitative estimate of drug-likeness (QED) is 0.673. The number of hydrogen-bond donors (Lipinski definition) is 1. The summed E-state index contributed by atoms with van der Waals surface area (Å²) < 4.78 is 4.89. The topological polar surface area (TPSA) is 85.4 Å². The van der Waals surface area contributed by atoms with Gasteiger partial charge in [0.2, 0.25) is 0 Å². The van der Waals surface area contributed by atoms with E-state index in [2.05, 4.69) is 5.32 Å². The van der Waals surface area contributed by atoms with E-state index < -0.39 is 10.8 Å². The van der Waals surface area contributed by atoms with Crippen molar-refractivity contribution in [3.8, 4) is 0 Å². The maximum Gasteiger partial charge on any atom is 0.433 e. The highest BCUT2D eigenvalue weighted by atomic mass is 16.6. The van der Waals surface area contributed by atoms with Crippen LogP contribution in [0.4, 0.5) is 5.88 Å². The number of amides is 1. The summed E-state index contributed by atoms with van der Waals surface area (Å²) in [6, 6.07) is 2.70. The monoisotopic (exact) mass is 266 g/mol. The van der Waals surface area contributed by atoms with E-state index in [-0.39, 0.29) is 17.7 Å². The molecule has 1 aliphatic rings. The summed E-state index contributed by atoms with van der Waals surface area (Å²) in [6.07, 6.45) is 7.85. The van der Waals surface area contributed by atoms with Crippen molar-refractivity contribution < 1.29 is 14.1 Å². The Balaban J connectivity index is 1.93. The summed E-state index contributed by atoms with van der Waals surface area (Å²) in [4.78, 5) is 21.8. The van der Waals surface area contributed by atoms with Crippen LogP contribution in [0.2, 0.25) is 0 Å². The molecule has 1 N–H and O–H groups in total. The van der Waals surface area contributed by atoms with Crippen LogP contribution in [-0.2, 0) is 0 Å². The lowest BCUT2D eigenvalue weighted by atomic mass is 9.97. The van der Waals surface area contributed by atoms with Gasteiger partial charge >= 0.3 is 5.88 Å². The van der Waals surface area contributed by atoms with Crippen molar-refractivity contribution in [2.75, 3.05) is 0 Å². The molecule has 104 valence electrons. The van der Waals surface area contributed by atoms with Crippen LogP contribution in [0.15, 0.2) is 16.5 Å². The lowest BCUT2D eigenvalue weighted by Gasteiger charge is -2.20. The SMILES string of the molecule is O=C(NC1CCCCCCC1)c1ccc([N+](=O)[O-])o1. The Morgan fingerprint density at radius 2 is 1.84 bits per heavy atom. The molecule has 0 atom stereocenters. The molecule has 1 aromatic rings. The molecule has 0 saturated heterocycles. The second-order valence-corrected chi connectivity index (χ2v) is 4.91. The molecule has 1 aromatic heterocycles. The predicted octanol–water partition coefficient (Wildman–Crippen LogP) is 3.03. The van der Waals surface area contributed by atoms with Crippen LogP contribution in [0.25, 0.3) is 0 Å². The zero-order valence-corrected chi connectivity index (χ0v) is 10.8. The lowest BCUT2D eigenvalue weighted by Crippen LogP contribution is -2.35. The third-order valence-electron chi connectivity index (χ3n) is 3.44. The normalized spacial score (nSPS) is 17.5. The molecule has 1 heterocycles. The van der Waals surface area contributed by atoms with E-state index in [1.807, 2.05) is 0 Å². The molecule has 0 bridgehead atoms. The molecule has 1 saturated carbocycles. The predicted molar refractivity (Wildman–Crippen MR) is 68.9 cm³/mol. The molecule has 0 aromatic carbocycles. The number of nitro groups is 1. The fourth-order valence-electron chi connectivity index (χ4n) is 2.40. The molecule has 1 aliphatic carbocycles. The fourth-order valence-corrected chi connectivity index (χ4v) is 2.40. The molecule has 0 unspecified atom stereocenters. The van der Waals surface area contributed by atoms with E-state index in [1.165, 1.54) is 31.4 Å². The molecule has 0 spiro atoms. The fraction of sp³-hybridized carbons (Fsp3) is 0.615. The van der Waals surface area contributed by atoms with E-state index in [0.29, 0.717) is 0 Å². The highest BCUT2D eigenvalue weighted by molar-refractivity contribution is 5.91. The zero-order valence-electron chi connectivity index (χ0n) is 10.8. The van der Waals surface area contributed by atoms with Crippen molar-refractivity contribution in [2.45, 2.75) is 51.0 Å². The summed E-state index contributed by atoms with van der Waals surface area (Å²) in [6.45, 7) is 0. The van der Waals surface area contributed by atoms with Gasteiger partial charge in [0.05, 0.1) is 6.07 Å².